The average Bonchev–Trinajstić information content (AvgIpc) is 2.20. The third-order valence-electron chi connectivity index (χ3n) is 2.96. The van der Waals surface area contributed by atoms with Crippen LogP contribution >= 0.6 is 0 Å². The van der Waals surface area contributed by atoms with Gasteiger partial charge in [-0.05, 0) is 26.8 Å². The Balaban J connectivity index is 2.45. The van der Waals surface area contributed by atoms with Gasteiger partial charge < -0.3 is 9.64 Å². The molecule has 0 radical (unpaired) electrons. The van der Waals surface area contributed by atoms with Crippen molar-refractivity contribution in [3.8, 4) is 0 Å². The SMILES string of the molecule is CCCN(CC1COCCC1=O)C(C)C. The number of hydrogen-bond donors (Lipinski definition) is 0. The number of ether oxygens (including phenoxy) is 1. The third-order valence-corrected chi connectivity index (χ3v) is 2.96. The maximum Gasteiger partial charge on any atom is 0.141 e. The van der Waals surface area contributed by atoms with Crippen LogP contribution in [0.3, 0.4) is 0 Å². The Morgan fingerprint density at radius 3 is 2.80 bits per heavy atom. The molecule has 1 aliphatic heterocycles. The predicted molar refractivity (Wildman–Crippen MR) is 60.9 cm³/mol. The summed E-state index contributed by atoms with van der Waals surface area (Å²) in [5.74, 6) is 0.482. The summed E-state index contributed by atoms with van der Waals surface area (Å²) in [6.07, 6.45) is 1.74. The zero-order valence-electron chi connectivity index (χ0n) is 10.2. The first-order valence-corrected chi connectivity index (χ1v) is 5.99. The fourth-order valence-electron chi connectivity index (χ4n) is 1.98. The molecule has 0 bridgehead atoms. The minimum absolute atomic E-state index is 0.104. The number of carbonyl (C=O) groups excluding carboxylic acids is 1. The maximum absolute atomic E-state index is 11.6. The highest BCUT2D eigenvalue weighted by molar-refractivity contribution is 5.82. The van der Waals surface area contributed by atoms with Gasteiger partial charge in [-0.3, -0.25) is 4.79 Å². The highest BCUT2D eigenvalue weighted by Gasteiger charge is 2.25. The summed E-state index contributed by atoms with van der Waals surface area (Å²) in [5, 5.41) is 0. The highest BCUT2D eigenvalue weighted by Crippen LogP contribution is 2.13. The van der Waals surface area contributed by atoms with Crippen LogP contribution in [-0.4, -0.2) is 43.0 Å². The monoisotopic (exact) mass is 213 g/mol. The van der Waals surface area contributed by atoms with E-state index in [0.717, 1.165) is 19.5 Å². The molecule has 3 nitrogen and oxygen atoms in total. The van der Waals surface area contributed by atoms with Crippen molar-refractivity contribution >= 4 is 5.78 Å². The molecule has 1 fully saturated rings. The molecule has 0 N–H and O–H groups in total. The number of rotatable bonds is 5. The molecular formula is C12H23NO2. The average molecular weight is 213 g/mol. The van der Waals surface area contributed by atoms with Crippen LogP contribution in [-0.2, 0) is 9.53 Å². The van der Waals surface area contributed by atoms with E-state index in [4.69, 9.17) is 4.74 Å². The Bertz CT molecular complexity index is 204. The summed E-state index contributed by atoms with van der Waals surface area (Å²) in [6.45, 7) is 9.71. The highest BCUT2D eigenvalue weighted by atomic mass is 16.5. The van der Waals surface area contributed by atoms with E-state index in [1.807, 2.05) is 0 Å². The zero-order chi connectivity index (χ0) is 11.3. The lowest BCUT2D eigenvalue weighted by Crippen LogP contribution is -2.41. The second kappa shape index (κ2) is 6.23. The first-order chi connectivity index (χ1) is 7.15. The van der Waals surface area contributed by atoms with Crippen LogP contribution in [0, 0.1) is 5.92 Å². The Morgan fingerprint density at radius 1 is 1.53 bits per heavy atom. The minimum atomic E-state index is 0.104. The first-order valence-electron chi connectivity index (χ1n) is 5.99. The van der Waals surface area contributed by atoms with Crippen molar-refractivity contribution in [1.29, 1.82) is 0 Å². The number of Topliss-reactive ketones (excluding diaryl/α,β-unsaturated/α-hetero) is 1. The van der Waals surface area contributed by atoms with Crippen molar-refractivity contribution in [2.24, 2.45) is 5.92 Å². The molecule has 0 aromatic rings. The Kier molecular flexibility index (Phi) is 5.26. The second-order valence-corrected chi connectivity index (χ2v) is 4.58. The van der Waals surface area contributed by atoms with E-state index >= 15 is 0 Å². The fourth-order valence-corrected chi connectivity index (χ4v) is 1.98. The normalized spacial score (nSPS) is 22.7. The van der Waals surface area contributed by atoms with Crippen molar-refractivity contribution in [1.82, 2.24) is 4.90 Å². The van der Waals surface area contributed by atoms with E-state index in [1.54, 1.807) is 0 Å². The van der Waals surface area contributed by atoms with Crippen molar-refractivity contribution in [2.75, 3.05) is 26.3 Å². The molecule has 1 unspecified atom stereocenters. The fraction of sp³-hybridized carbons (Fsp3) is 0.917. The Labute approximate surface area is 92.8 Å². The summed E-state index contributed by atoms with van der Waals surface area (Å²) in [4.78, 5) is 14.0. The van der Waals surface area contributed by atoms with E-state index in [2.05, 4.69) is 25.7 Å². The molecule has 0 aliphatic carbocycles. The molecule has 3 heteroatoms. The van der Waals surface area contributed by atoms with E-state index in [-0.39, 0.29) is 5.92 Å². The number of nitrogens with zero attached hydrogens (tertiary/aromatic N) is 1. The Hall–Kier alpha value is -0.410. The van der Waals surface area contributed by atoms with Gasteiger partial charge in [0.15, 0.2) is 0 Å². The van der Waals surface area contributed by atoms with Gasteiger partial charge >= 0.3 is 0 Å². The summed E-state index contributed by atoms with van der Waals surface area (Å²) in [7, 11) is 0. The molecule has 0 aromatic carbocycles. The third kappa shape index (κ3) is 3.92. The van der Waals surface area contributed by atoms with Gasteiger partial charge in [0.25, 0.3) is 0 Å². The van der Waals surface area contributed by atoms with Crippen LogP contribution in [0.25, 0.3) is 0 Å². The summed E-state index contributed by atoms with van der Waals surface area (Å²) in [6, 6.07) is 0.514. The summed E-state index contributed by atoms with van der Waals surface area (Å²) < 4.78 is 5.36. The van der Waals surface area contributed by atoms with E-state index < -0.39 is 0 Å². The molecule has 15 heavy (non-hydrogen) atoms. The van der Waals surface area contributed by atoms with E-state index in [9.17, 15) is 4.79 Å². The smallest absolute Gasteiger partial charge is 0.141 e. The van der Waals surface area contributed by atoms with Crippen LogP contribution in [0.1, 0.15) is 33.6 Å². The largest absolute Gasteiger partial charge is 0.380 e. The van der Waals surface area contributed by atoms with E-state index in [0.29, 0.717) is 31.5 Å². The molecule has 1 aliphatic rings. The van der Waals surface area contributed by atoms with Gasteiger partial charge in [0.1, 0.15) is 5.78 Å². The number of ketones is 1. The van der Waals surface area contributed by atoms with Gasteiger partial charge in [0.2, 0.25) is 0 Å². The van der Waals surface area contributed by atoms with Crippen LogP contribution in [0.5, 0.6) is 0 Å². The molecular weight excluding hydrogens is 190 g/mol. The number of carbonyl (C=O) groups is 1. The van der Waals surface area contributed by atoms with Gasteiger partial charge in [-0.1, -0.05) is 6.92 Å². The summed E-state index contributed by atoms with van der Waals surface area (Å²) >= 11 is 0. The van der Waals surface area contributed by atoms with Crippen molar-refractivity contribution in [2.45, 2.75) is 39.7 Å². The zero-order valence-corrected chi connectivity index (χ0v) is 10.2. The quantitative estimate of drug-likeness (QED) is 0.696. The van der Waals surface area contributed by atoms with E-state index in [1.165, 1.54) is 0 Å². The lowest BCUT2D eigenvalue weighted by Gasteiger charge is -2.31. The van der Waals surface area contributed by atoms with Crippen LogP contribution < -0.4 is 0 Å². The summed E-state index contributed by atoms with van der Waals surface area (Å²) in [5.41, 5.74) is 0. The van der Waals surface area contributed by atoms with Gasteiger partial charge in [-0.15, -0.1) is 0 Å². The molecule has 0 aromatic heterocycles. The van der Waals surface area contributed by atoms with Crippen LogP contribution in [0.15, 0.2) is 0 Å². The van der Waals surface area contributed by atoms with Crippen LogP contribution in [0.2, 0.25) is 0 Å². The predicted octanol–water partition coefficient (Wildman–Crippen LogP) is 1.71. The molecule has 1 heterocycles. The molecule has 0 amide bonds. The molecule has 0 saturated carbocycles. The lowest BCUT2D eigenvalue weighted by molar-refractivity contribution is -0.131. The molecule has 1 saturated heterocycles. The Morgan fingerprint density at radius 2 is 2.27 bits per heavy atom. The number of hydrogen-bond acceptors (Lipinski definition) is 3. The molecule has 0 spiro atoms. The minimum Gasteiger partial charge on any atom is -0.380 e. The van der Waals surface area contributed by atoms with Crippen molar-refractivity contribution in [3.63, 3.8) is 0 Å². The topological polar surface area (TPSA) is 29.5 Å². The maximum atomic E-state index is 11.6. The molecule has 88 valence electrons. The lowest BCUT2D eigenvalue weighted by atomic mass is 9.99. The van der Waals surface area contributed by atoms with Gasteiger partial charge in [0, 0.05) is 19.0 Å². The van der Waals surface area contributed by atoms with Gasteiger partial charge in [-0.25, -0.2) is 0 Å². The molecule has 1 atom stereocenters. The van der Waals surface area contributed by atoms with Crippen molar-refractivity contribution < 1.29 is 9.53 Å². The second-order valence-electron chi connectivity index (χ2n) is 4.58. The van der Waals surface area contributed by atoms with Crippen LogP contribution in [0.4, 0.5) is 0 Å². The first kappa shape index (κ1) is 12.7. The molecule has 1 rings (SSSR count). The van der Waals surface area contributed by atoms with Gasteiger partial charge in [0.05, 0.1) is 19.1 Å². The standard InChI is InChI=1S/C12H23NO2/c1-4-6-13(10(2)3)8-11-9-15-7-5-12(11)14/h10-11H,4-9H2,1-3H3. The van der Waals surface area contributed by atoms with Crippen molar-refractivity contribution in [3.05, 3.63) is 0 Å². The van der Waals surface area contributed by atoms with Gasteiger partial charge in [-0.2, -0.15) is 0 Å².